The third kappa shape index (κ3) is 3.43. The van der Waals surface area contributed by atoms with E-state index < -0.39 is 15.9 Å². The molecule has 29 heavy (non-hydrogen) atoms. The first kappa shape index (κ1) is 19.9. The summed E-state index contributed by atoms with van der Waals surface area (Å²) in [5.41, 5.74) is 2.00. The summed E-state index contributed by atoms with van der Waals surface area (Å²) in [6.07, 6.45) is 0. The predicted molar refractivity (Wildman–Crippen MR) is 112 cm³/mol. The van der Waals surface area contributed by atoms with E-state index in [0.29, 0.717) is 29.4 Å². The van der Waals surface area contributed by atoms with Crippen LogP contribution in [-0.4, -0.2) is 50.3 Å². The third-order valence-corrected chi connectivity index (χ3v) is 7.41. The van der Waals surface area contributed by atoms with Crippen molar-refractivity contribution >= 4 is 38.2 Å². The molecule has 0 saturated heterocycles. The summed E-state index contributed by atoms with van der Waals surface area (Å²) in [6.45, 7) is 0.975. The molecule has 0 bridgehead atoms. The van der Waals surface area contributed by atoms with E-state index in [1.54, 1.807) is 26.3 Å². The number of amides is 1. The molecule has 0 fully saturated rings. The molecule has 8 heteroatoms. The highest BCUT2D eigenvalue weighted by atomic mass is 35.5. The predicted octanol–water partition coefficient (Wildman–Crippen LogP) is 3.54. The van der Waals surface area contributed by atoms with Gasteiger partial charge < -0.3 is 14.2 Å². The molecular weight excluding hydrogens is 412 g/mol. The minimum absolute atomic E-state index is 0.150. The number of carbonyl (C=O) groups excluding carboxylic acids is 1. The number of hydrogen-bond donors (Lipinski definition) is 0. The second-order valence-corrected chi connectivity index (χ2v) is 9.57. The number of halogens is 1. The number of rotatable bonds is 5. The second kappa shape index (κ2) is 7.48. The summed E-state index contributed by atoms with van der Waals surface area (Å²) in [6, 6.07) is 13.7. The molecule has 1 aromatic heterocycles. The Morgan fingerprint density at radius 3 is 2.76 bits per heavy atom. The van der Waals surface area contributed by atoms with Gasteiger partial charge in [-0.1, -0.05) is 29.8 Å². The Hall–Kier alpha value is -2.35. The molecule has 1 atom stereocenters. The number of benzene rings is 2. The lowest BCUT2D eigenvalue weighted by molar-refractivity contribution is 0.0733. The van der Waals surface area contributed by atoms with Crippen molar-refractivity contribution in [2.75, 3.05) is 26.5 Å². The van der Waals surface area contributed by atoms with Crippen LogP contribution in [0.3, 0.4) is 0 Å². The third-order valence-electron chi connectivity index (χ3n) is 5.38. The Morgan fingerprint density at radius 2 is 2.00 bits per heavy atom. The van der Waals surface area contributed by atoms with Crippen LogP contribution in [0.25, 0.3) is 10.9 Å². The fraction of sp³-hybridized carbons (Fsp3) is 0.286. The van der Waals surface area contributed by atoms with Crippen molar-refractivity contribution in [1.82, 2.24) is 9.47 Å². The highest BCUT2D eigenvalue weighted by Gasteiger charge is 2.39. The van der Waals surface area contributed by atoms with E-state index in [-0.39, 0.29) is 16.6 Å². The molecule has 4 rings (SSSR count). The Kier molecular flexibility index (Phi) is 5.14. The normalized spacial score (nSPS) is 17.4. The first-order chi connectivity index (χ1) is 13.8. The van der Waals surface area contributed by atoms with Gasteiger partial charge in [0.15, 0.2) is 9.84 Å². The Balaban J connectivity index is 1.75. The number of hydrogen-bond acceptors (Lipinski definition) is 4. The van der Waals surface area contributed by atoms with Crippen LogP contribution in [-0.2, 0) is 21.1 Å². The zero-order chi connectivity index (χ0) is 20.8. The molecule has 0 spiro atoms. The van der Waals surface area contributed by atoms with Gasteiger partial charge in [-0.25, -0.2) is 8.42 Å². The number of nitrogens with zero attached hydrogens (tertiary/aromatic N) is 2. The lowest BCUT2D eigenvalue weighted by atomic mass is 10.1. The standard InChI is InChI=1S/C21H21ClN2O4S/c1-23(19-13-29(26,27)20-8-7-15(22)12-16(19)20)21(25)18-11-14-5-3-4-6-17(14)24(18)9-10-28-2/h3-8,11-12,19H,9-10,13H2,1-2H3/t19-/m1/s1. The number of fused-ring (bicyclic) bond motifs is 2. The largest absolute Gasteiger partial charge is 0.383 e. The quantitative estimate of drug-likeness (QED) is 0.618. The van der Waals surface area contributed by atoms with E-state index in [2.05, 4.69) is 0 Å². The number of para-hydroxylation sites is 1. The van der Waals surface area contributed by atoms with Crippen LogP contribution in [0.15, 0.2) is 53.4 Å². The van der Waals surface area contributed by atoms with Gasteiger partial charge in [0, 0.05) is 36.6 Å². The van der Waals surface area contributed by atoms with Crippen molar-refractivity contribution in [2.24, 2.45) is 0 Å². The smallest absolute Gasteiger partial charge is 0.270 e. The molecule has 3 aromatic rings. The van der Waals surface area contributed by atoms with Gasteiger partial charge in [-0.3, -0.25) is 4.79 Å². The van der Waals surface area contributed by atoms with Crippen LogP contribution in [0.4, 0.5) is 0 Å². The topological polar surface area (TPSA) is 68.6 Å². The number of sulfone groups is 1. The van der Waals surface area contributed by atoms with E-state index in [0.717, 1.165) is 10.9 Å². The lowest BCUT2D eigenvalue weighted by Gasteiger charge is -2.25. The highest BCUT2D eigenvalue weighted by Crippen LogP contribution is 2.38. The summed E-state index contributed by atoms with van der Waals surface area (Å²) < 4.78 is 32.3. The maximum Gasteiger partial charge on any atom is 0.270 e. The molecule has 0 N–H and O–H groups in total. The van der Waals surface area contributed by atoms with Gasteiger partial charge in [0.25, 0.3) is 5.91 Å². The van der Waals surface area contributed by atoms with Gasteiger partial charge in [0.2, 0.25) is 0 Å². The molecule has 1 aliphatic heterocycles. The molecule has 152 valence electrons. The summed E-state index contributed by atoms with van der Waals surface area (Å²) in [5, 5.41) is 1.39. The second-order valence-electron chi connectivity index (χ2n) is 7.13. The van der Waals surface area contributed by atoms with Crippen LogP contribution in [0, 0.1) is 0 Å². The summed E-state index contributed by atoms with van der Waals surface area (Å²) in [7, 11) is -0.210. The van der Waals surface area contributed by atoms with Crippen molar-refractivity contribution in [3.05, 3.63) is 64.8 Å². The van der Waals surface area contributed by atoms with Crippen molar-refractivity contribution < 1.29 is 17.9 Å². The van der Waals surface area contributed by atoms with E-state index in [1.165, 1.54) is 11.0 Å². The number of carbonyl (C=O) groups is 1. The molecule has 2 heterocycles. The summed E-state index contributed by atoms with van der Waals surface area (Å²) in [5.74, 6) is -0.395. The molecule has 2 aromatic carbocycles. The maximum atomic E-state index is 13.4. The lowest BCUT2D eigenvalue weighted by Crippen LogP contribution is -2.33. The molecule has 0 aliphatic carbocycles. The minimum atomic E-state index is -3.46. The van der Waals surface area contributed by atoms with Crippen molar-refractivity contribution in [1.29, 1.82) is 0 Å². The van der Waals surface area contributed by atoms with Crippen molar-refractivity contribution in [2.45, 2.75) is 17.5 Å². The van der Waals surface area contributed by atoms with Gasteiger partial charge >= 0.3 is 0 Å². The first-order valence-electron chi connectivity index (χ1n) is 9.20. The van der Waals surface area contributed by atoms with Gasteiger partial charge in [-0.2, -0.15) is 0 Å². The van der Waals surface area contributed by atoms with Crippen LogP contribution < -0.4 is 0 Å². The highest BCUT2D eigenvalue weighted by molar-refractivity contribution is 7.91. The van der Waals surface area contributed by atoms with Crippen molar-refractivity contribution in [3.8, 4) is 0 Å². The van der Waals surface area contributed by atoms with E-state index in [9.17, 15) is 13.2 Å². The monoisotopic (exact) mass is 432 g/mol. The molecular formula is C21H21ClN2O4S. The molecule has 1 aliphatic rings. The van der Waals surface area contributed by atoms with Crippen LogP contribution in [0.1, 0.15) is 22.1 Å². The van der Waals surface area contributed by atoms with E-state index >= 15 is 0 Å². The van der Waals surface area contributed by atoms with Crippen molar-refractivity contribution in [3.63, 3.8) is 0 Å². The molecule has 0 radical (unpaired) electrons. The minimum Gasteiger partial charge on any atom is -0.383 e. The summed E-state index contributed by atoms with van der Waals surface area (Å²) in [4.78, 5) is 15.2. The number of methoxy groups -OCH3 is 1. The van der Waals surface area contributed by atoms with Crippen LogP contribution in [0.5, 0.6) is 0 Å². The fourth-order valence-corrected chi connectivity index (χ4v) is 5.91. The van der Waals surface area contributed by atoms with E-state index in [1.807, 2.05) is 34.9 Å². The zero-order valence-corrected chi connectivity index (χ0v) is 17.7. The number of ether oxygens (including phenoxy) is 1. The zero-order valence-electron chi connectivity index (χ0n) is 16.1. The van der Waals surface area contributed by atoms with E-state index in [4.69, 9.17) is 16.3 Å². The molecule has 6 nitrogen and oxygen atoms in total. The molecule has 1 amide bonds. The Morgan fingerprint density at radius 1 is 1.24 bits per heavy atom. The first-order valence-corrected chi connectivity index (χ1v) is 11.2. The van der Waals surface area contributed by atoms with Gasteiger partial charge in [-0.05, 0) is 35.9 Å². The average molecular weight is 433 g/mol. The van der Waals surface area contributed by atoms with Crippen LogP contribution in [0.2, 0.25) is 5.02 Å². The fourth-order valence-electron chi connectivity index (χ4n) is 3.90. The van der Waals surface area contributed by atoms with Gasteiger partial charge in [-0.15, -0.1) is 0 Å². The van der Waals surface area contributed by atoms with Gasteiger partial charge in [0.1, 0.15) is 5.69 Å². The maximum absolute atomic E-state index is 13.4. The SMILES string of the molecule is COCCn1c(C(=O)N(C)[C@@H]2CS(=O)(=O)c3ccc(Cl)cc32)cc2ccccc21. The molecule has 0 saturated carbocycles. The summed E-state index contributed by atoms with van der Waals surface area (Å²) >= 11 is 6.10. The average Bonchev–Trinajstić information content (AvgIpc) is 3.19. The Labute approximate surface area is 174 Å². The Bertz CT molecular complexity index is 1200. The van der Waals surface area contributed by atoms with Gasteiger partial charge in [0.05, 0.1) is 23.3 Å². The number of aromatic nitrogens is 1. The van der Waals surface area contributed by atoms with Crippen LogP contribution >= 0.6 is 11.6 Å². The molecule has 0 unspecified atom stereocenters.